The van der Waals surface area contributed by atoms with Crippen LogP contribution in [0.5, 0.6) is 0 Å². The van der Waals surface area contributed by atoms with Crippen molar-refractivity contribution >= 4 is 29.3 Å². The van der Waals surface area contributed by atoms with Gasteiger partial charge in [0, 0.05) is 64.3 Å². The molecule has 7 heteroatoms. The second-order valence-electron chi connectivity index (χ2n) is 36.5. The Bertz CT molecular complexity index is 4440. The van der Waals surface area contributed by atoms with Crippen molar-refractivity contribution in [3.05, 3.63) is 188 Å². The number of aryl methyl sites for hydroxylation is 1. The molecule has 16 aliphatic carbocycles. The Hall–Kier alpha value is -6.33. The molecule has 0 saturated heterocycles. The highest BCUT2D eigenvalue weighted by Gasteiger charge is 2.87. The average molecular weight is 1300 g/mol. The zero-order valence-electron chi connectivity index (χ0n) is 57.9. The Morgan fingerprint density at radius 2 is 1.62 bits per heavy atom. The molecule has 6 N–H and O–H groups in total. The first kappa shape index (κ1) is 60.4. The number of allylic oxidation sites excluding steroid dienone is 11. The first-order chi connectivity index (χ1) is 47.8. The van der Waals surface area contributed by atoms with Crippen LogP contribution < -0.4 is 21.1 Å². The van der Waals surface area contributed by atoms with E-state index in [1.54, 1.807) is 22.3 Å². The molecule has 22 aliphatic rings. The van der Waals surface area contributed by atoms with Gasteiger partial charge in [-0.2, -0.15) is 0 Å². The van der Waals surface area contributed by atoms with E-state index in [0.29, 0.717) is 55.9 Å². The fraction of sp³-hybridized carbons (Fsp3) is 0.571. The normalized spacial score (nSPS) is 46.3. The summed E-state index contributed by atoms with van der Waals surface area (Å²) in [5.41, 5.74) is 12.1. The summed E-state index contributed by atoms with van der Waals surface area (Å²) >= 11 is 0. The van der Waals surface area contributed by atoms with Crippen LogP contribution in [0.4, 0.5) is 0 Å². The van der Waals surface area contributed by atoms with Crippen LogP contribution in [0.15, 0.2) is 150 Å². The van der Waals surface area contributed by atoms with Crippen molar-refractivity contribution in [1.29, 1.82) is 0 Å². The largest absolute Gasteiger partial charge is 0.516 e. The summed E-state index contributed by atoms with van der Waals surface area (Å²) in [6.07, 6.45) is 51.8. The van der Waals surface area contributed by atoms with E-state index < -0.39 is 51.2 Å². The van der Waals surface area contributed by atoms with E-state index >= 15 is 4.79 Å². The molecule has 4 spiro atoms. The van der Waals surface area contributed by atoms with Gasteiger partial charge >= 0.3 is 5.97 Å². The molecule has 22 atom stereocenters. The van der Waals surface area contributed by atoms with E-state index in [0.717, 1.165) is 101 Å². The van der Waals surface area contributed by atoms with Crippen molar-refractivity contribution in [3.8, 4) is 11.8 Å². The minimum Gasteiger partial charge on any atom is -0.516 e. The monoisotopic (exact) mass is 1300 g/mol. The highest BCUT2D eigenvalue weighted by molar-refractivity contribution is 5.84. The van der Waals surface area contributed by atoms with Gasteiger partial charge in [-0.15, -0.1) is 5.92 Å². The smallest absolute Gasteiger partial charge is 0.307 e. The summed E-state index contributed by atoms with van der Waals surface area (Å²) in [6, 6.07) is 26.2. The lowest BCUT2D eigenvalue weighted by molar-refractivity contribution is -0.208. The summed E-state index contributed by atoms with van der Waals surface area (Å²) in [5, 5.41) is 62.9. The zero-order chi connectivity index (χ0) is 65.5. The fourth-order valence-corrected chi connectivity index (χ4v) is 30.8. The predicted molar refractivity (Wildman–Crippen MR) is 387 cm³/mol. The number of hydrogen-bond donors (Lipinski definition) is 6. The summed E-state index contributed by atoms with van der Waals surface area (Å²) < 4.78 is 0. The number of nitrogens with one attached hydrogen (secondary N) is 2. The minimum absolute atomic E-state index is 0.0326. The number of carbonyl (C=O) groups is 1. The summed E-state index contributed by atoms with van der Waals surface area (Å²) in [4.78, 5) is 15.5. The third-order valence-electron chi connectivity index (χ3n) is 34.0. The Morgan fingerprint density at radius 3 is 2.49 bits per heavy atom. The molecule has 0 amide bonds. The molecule has 6 heterocycles. The van der Waals surface area contributed by atoms with Crippen LogP contribution in [0.25, 0.3) is 23.3 Å². The Balaban J connectivity index is 0.810. The van der Waals surface area contributed by atoms with Crippen LogP contribution >= 0.6 is 0 Å². The lowest BCUT2D eigenvalue weighted by Crippen LogP contribution is -2.71. The zero-order valence-corrected chi connectivity index (χ0v) is 57.9. The second-order valence-corrected chi connectivity index (χ2v) is 36.5. The number of carboxylic acids is 1. The Morgan fingerprint density at radius 1 is 0.755 bits per heavy atom. The topological polar surface area (TPSA) is 122 Å². The summed E-state index contributed by atoms with van der Waals surface area (Å²) in [5.74, 6) is 11.3. The molecule has 98 heavy (non-hydrogen) atoms. The summed E-state index contributed by atoms with van der Waals surface area (Å²) in [6.45, 7) is 4.15. The molecule has 19 bridgehead atoms. The van der Waals surface area contributed by atoms with Gasteiger partial charge in [0.15, 0.2) is 0 Å². The van der Waals surface area contributed by atoms with Crippen LogP contribution in [0.3, 0.4) is 0 Å². The fourth-order valence-electron chi connectivity index (χ4n) is 30.8. The molecule has 1 unspecified atom stereocenters. The molecule has 25 rings (SSSR count). The number of fused-ring (bicyclic) bond motifs is 6. The SMILES string of the molecule is C[C@@]12[C@H]3CC[C@@]45CC[C@@]6(C[C@H]7C[C@H]8CCc9ccccc9[C@H]8C[C@@H]7C6)[C@H]4C=C[C@]14[C@H](O)C[C@]52C1=C(C3)[C@]23CC[C@H](O)[C@@]56CC#C[C@@H]7C=Cc8ccc(cc8[C@H]7C7=c8ccccc8=C[C@@H]2C7=C[C@](C=CC5)(C1)C63)C1=CC=C(NCCC[C@@H](C2CCCCC2)/C(=C/O)CC[C@H]4C(=O)O)NC1. The van der Waals surface area contributed by atoms with Crippen LogP contribution in [-0.2, 0) is 11.2 Å². The predicted octanol–water partition coefficient (Wildman–Crippen LogP) is 16.4. The maximum absolute atomic E-state index is 15.5. The molecule has 6 aliphatic heterocycles. The molecule has 7 nitrogen and oxygen atoms in total. The maximum Gasteiger partial charge on any atom is 0.307 e. The van der Waals surface area contributed by atoms with Crippen molar-refractivity contribution in [3.63, 3.8) is 0 Å². The number of aliphatic hydroxyl groups is 3. The number of aliphatic hydroxyl groups excluding tert-OH is 3. The second kappa shape index (κ2) is 21.1. The number of carboxylic acid groups (broad SMARTS) is 1. The number of rotatable bonds is 2. The van der Waals surface area contributed by atoms with E-state index in [-0.39, 0.29) is 57.7 Å². The third kappa shape index (κ3) is 7.50. The van der Waals surface area contributed by atoms with Gasteiger partial charge in [-0.1, -0.05) is 165 Å². The van der Waals surface area contributed by atoms with Gasteiger partial charge in [-0.05, 0) is 277 Å². The van der Waals surface area contributed by atoms with Gasteiger partial charge in [0.05, 0.1) is 30.2 Å². The van der Waals surface area contributed by atoms with Crippen LogP contribution in [0.1, 0.15) is 207 Å². The quantitative estimate of drug-likeness (QED) is 0.0859. The molecule has 7 saturated carbocycles. The number of aliphatic carboxylic acids is 1. The van der Waals surface area contributed by atoms with E-state index in [9.17, 15) is 20.4 Å². The number of benzene rings is 3. The highest BCUT2D eigenvalue weighted by atomic mass is 16.4. The van der Waals surface area contributed by atoms with Gasteiger partial charge in [-0.3, -0.25) is 4.79 Å². The van der Waals surface area contributed by atoms with Crippen molar-refractivity contribution in [2.24, 2.45) is 108 Å². The van der Waals surface area contributed by atoms with Crippen LogP contribution in [-0.4, -0.2) is 51.7 Å². The molecule has 0 radical (unpaired) electrons. The third-order valence-corrected chi connectivity index (χ3v) is 34.0. The minimum atomic E-state index is -1.06. The van der Waals surface area contributed by atoms with Gasteiger partial charge in [0.1, 0.15) is 0 Å². The van der Waals surface area contributed by atoms with Crippen molar-refractivity contribution in [1.82, 2.24) is 10.6 Å². The maximum atomic E-state index is 15.5. The average Bonchev–Trinajstić information content (AvgIpc) is 1.35. The Labute approximate surface area is 581 Å². The summed E-state index contributed by atoms with van der Waals surface area (Å²) in [7, 11) is 0. The van der Waals surface area contributed by atoms with Gasteiger partial charge in [0.25, 0.3) is 0 Å². The highest BCUT2D eigenvalue weighted by Crippen LogP contribution is 2.92. The van der Waals surface area contributed by atoms with E-state index in [2.05, 4.69) is 157 Å². The van der Waals surface area contributed by atoms with Crippen molar-refractivity contribution in [2.45, 2.75) is 198 Å². The molecule has 7 fully saturated rings. The van der Waals surface area contributed by atoms with Crippen molar-refractivity contribution in [2.75, 3.05) is 13.1 Å². The van der Waals surface area contributed by atoms with E-state index in [1.165, 1.54) is 114 Å². The molecular weight excluding hydrogens is 1200 g/mol. The van der Waals surface area contributed by atoms with Gasteiger partial charge in [0.2, 0.25) is 0 Å². The molecule has 3 aromatic rings. The number of hydrogen-bond acceptors (Lipinski definition) is 6. The standard InChI is InChI=1S/C91H102N2O5/c1-84-65-30-36-88-40-39-85(47-63-42-60-25-22-55-14-5-7-17-67(55)69(60)44-64(63)48-85)76(88)31-38-90(84)72(82(97)98)28-26-62(53-94)66(54-12-3-2-4-13-54)19-10-41-92-79-29-27-61(52-93-79)58-24-21-56-20-23-57-16-9-34-87-35-11-33-86-49-71-73(45-59-15-6-8-18-68(59)81(71)80(57)70(56)43-58)89(83(86)87,37-32-77(87)95)74(46-65)75(50-86)91(84,88)51-78(90)96/h5-8,11,14-15,17-18,20-21,23-24,27,29,31,33,38,43,45,49,53-54,57,60,63-66,69,72-73,76-78,80,83,92-96H,2-4,10,12-13,19,22,25-26,28,30,32,34-37,39-42,44,46-48,50-52H2,1H3,(H,97,98)/b62-53+/t57-,60-,63-,64-,65+,66+,69+,72+,73-,76-,77+,78-,80+,83?,84-,85+,86-,87-,88-,89+,90+,91-/m1/s1. The van der Waals surface area contributed by atoms with E-state index in [1.807, 2.05) is 0 Å². The Kier molecular flexibility index (Phi) is 13.0. The lowest BCUT2D eigenvalue weighted by atomic mass is 9.26. The van der Waals surface area contributed by atoms with Crippen LogP contribution in [0, 0.1) is 120 Å². The molecule has 3 aromatic carbocycles. The lowest BCUT2D eigenvalue weighted by Gasteiger charge is -2.77. The first-order valence-corrected chi connectivity index (χ1v) is 39.7. The molecular formula is C91H102N2O5. The van der Waals surface area contributed by atoms with E-state index in [4.69, 9.17) is 0 Å². The van der Waals surface area contributed by atoms with Gasteiger partial charge < -0.3 is 31.1 Å². The molecule has 506 valence electrons. The first-order valence-electron chi connectivity index (χ1n) is 39.7. The van der Waals surface area contributed by atoms with Gasteiger partial charge in [-0.25, -0.2) is 0 Å². The molecule has 0 aromatic heterocycles. The number of dihydropyridines is 1. The van der Waals surface area contributed by atoms with Crippen LogP contribution in [0.2, 0.25) is 0 Å². The van der Waals surface area contributed by atoms with Crippen molar-refractivity contribution < 1.29 is 25.2 Å².